The largest absolute Gasteiger partial charge is 0.479 e. The van der Waals surface area contributed by atoms with E-state index in [1.807, 2.05) is 0 Å². The second-order valence-electron chi connectivity index (χ2n) is 2.58. The minimum Gasteiger partial charge on any atom is -0.479 e. The van der Waals surface area contributed by atoms with Crippen molar-refractivity contribution < 1.29 is 5.11 Å². The van der Waals surface area contributed by atoms with E-state index in [9.17, 15) is 0 Å². The number of imidazole rings is 1. The van der Waals surface area contributed by atoms with Crippen LogP contribution in [0.2, 0.25) is 0 Å². The minimum absolute atomic E-state index is 0.260. The van der Waals surface area contributed by atoms with E-state index in [1.54, 1.807) is 6.08 Å². The van der Waals surface area contributed by atoms with E-state index in [0.29, 0.717) is 12.1 Å². The number of hydrogen-bond acceptors (Lipinski definition) is 4. The molecule has 0 fully saturated rings. The Hall–Kier alpha value is -1.91. The number of H-pyrrole nitrogens is 1. The van der Waals surface area contributed by atoms with E-state index >= 15 is 0 Å². The van der Waals surface area contributed by atoms with E-state index in [1.165, 1.54) is 6.20 Å². The molecule has 0 unspecified atom stereocenters. The van der Waals surface area contributed by atoms with Crippen molar-refractivity contribution in [2.24, 2.45) is 0 Å². The molecule has 2 aromatic heterocycles. The summed E-state index contributed by atoms with van der Waals surface area (Å²) in [7, 11) is 0. The highest BCUT2D eigenvalue weighted by Gasteiger charge is 2.03. The molecule has 5 nitrogen and oxygen atoms in total. The van der Waals surface area contributed by atoms with Crippen molar-refractivity contribution in [3.05, 3.63) is 24.7 Å². The quantitative estimate of drug-likeness (QED) is 0.663. The van der Waals surface area contributed by atoms with Crippen LogP contribution >= 0.6 is 0 Å². The van der Waals surface area contributed by atoms with Gasteiger partial charge in [-0.15, -0.1) is 6.58 Å². The zero-order valence-electron chi connectivity index (χ0n) is 6.86. The number of aromatic nitrogens is 4. The van der Waals surface area contributed by atoms with E-state index in [2.05, 4.69) is 26.5 Å². The molecule has 0 aromatic carbocycles. The van der Waals surface area contributed by atoms with Gasteiger partial charge in [0.05, 0.1) is 6.20 Å². The number of rotatable bonds is 2. The van der Waals surface area contributed by atoms with Gasteiger partial charge in [-0.25, -0.2) is 9.97 Å². The van der Waals surface area contributed by atoms with Gasteiger partial charge in [-0.05, 0) is 0 Å². The molecule has 66 valence electrons. The molecular formula is C8H8N4O. The summed E-state index contributed by atoms with van der Waals surface area (Å²) in [4.78, 5) is 14.5. The first-order valence-electron chi connectivity index (χ1n) is 3.81. The number of nitrogens with zero attached hydrogens (tertiary/aromatic N) is 3. The summed E-state index contributed by atoms with van der Waals surface area (Å²) in [5.41, 5.74) is 1.19. The molecule has 5 heteroatoms. The predicted octanol–water partition coefficient (Wildman–Crippen LogP) is 0.787. The van der Waals surface area contributed by atoms with Gasteiger partial charge in [0.25, 0.3) is 0 Å². The smallest absolute Gasteiger partial charge is 0.316 e. The van der Waals surface area contributed by atoms with E-state index in [-0.39, 0.29) is 6.01 Å². The molecule has 2 rings (SSSR count). The van der Waals surface area contributed by atoms with Gasteiger partial charge in [-0.3, -0.25) is 0 Å². The van der Waals surface area contributed by atoms with Crippen LogP contribution in [0, 0.1) is 0 Å². The van der Waals surface area contributed by atoms with Crippen LogP contribution in [0.5, 0.6) is 6.01 Å². The summed E-state index contributed by atoms with van der Waals surface area (Å²) < 4.78 is 0. The third kappa shape index (κ3) is 1.35. The molecule has 2 N–H and O–H groups in total. The van der Waals surface area contributed by atoms with Gasteiger partial charge in [-0.2, -0.15) is 4.98 Å². The molecule has 2 heterocycles. The Morgan fingerprint density at radius 2 is 2.38 bits per heavy atom. The van der Waals surface area contributed by atoms with E-state index in [0.717, 1.165) is 11.3 Å². The summed E-state index contributed by atoms with van der Waals surface area (Å²) in [6.07, 6.45) is 3.89. The average Bonchev–Trinajstić information content (AvgIpc) is 2.46. The molecule has 0 bridgehead atoms. The summed E-state index contributed by atoms with van der Waals surface area (Å²) in [5, 5.41) is 8.97. The standard InChI is InChI=1S/C8H8N4O/c1-2-3-6-10-5-4-9-8(13)12-7(5)11-6/h2,4H,1,3H2,(H2,9,10,11,12,13). The van der Waals surface area contributed by atoms with Crippen molar-refractivity contribution in [3.63, 3.8) is 0 Å². The Kier molecular flexibility index (Phi) is 1.70. The third-order valence-electron chi connectivity index (χ3n) is 1.61. The lowest BCUT2D eigenvalue weighted by atomic mass is 10.4. The van der Waals surface area contributed by atoms with Crippen LogP contribution in [-0.4, -0.2) is 25.0 Å². The number of aromatic hydroxyl groups is 1. The lowest BCUT2D eigenvalue weighted by molar-refractivity contribution is 0.432. The van der Waals surface area contributed by atoms with Crippen LogP contribution in [0.4, 0.5) is 0 Å². The second kappa shape index (κ2) is 2.85. The highest BCUT2D eigenvalue weighted by molar-refractivity contribution is 5.69. The van der Waals surface area contributed by atoms with E-state index in [4.69, 9.17) is 5.11 Å². The minimum atomic E-state index is -0.260. The first kappa shape index (κ1) is 7.72. The highest BCUT2D eigenvalue weighted by atomic mass is 16.3. The van der Waals surface area contributed by atoms with Crippen molar-refractivity contribution in [1.82, 2.24) is 19.9 Å². The molecular weight excluding hydrogens is 168 g/mol. The Balaban J connectivity index is 2.55. The molecule has 0 radical (unpaired) electrons. The molecule has 13 heavy (non-hydrogen) atoms. The lowest BCUT2D eigenvalue weighted by Crippen LogP contribution is -1.82. The molecule has 0 saturated carbocycles. The van der Waals surface area contributed by atoms with E-state index < -0.39 is 0 Å². The van der Waals surface area contributed by atoms with Crippen LogP contribution in [0.15, 0.2) is 18.9 Å². The average molecular weight is 176 g/mol. The lowest BCUT2D eigenvalue weighted by Gasteiger charge is -1.86. The summed E-state index contributed by atoms with van der Waals surface area (Å²) in [6, 6.07) is -0.260. The zero-order chi connectivity index (χ0) is 9.26. The van der Waals surface area contributed by atoms with Gasteiger partial charge in [0.1, 0.15) is 11.3 Å². The molecule has 0 saturated heterocycles. The van der Waals surface area contributed by atoms with Crippen molar-refractivity contribution in [2.45, 2.75) is 6.42 Å². The van der Waals surface area contributed by atoms with Gasteiger partial charge < -0.3 is 10.1 Å². The molecule has 0 aliphatic carbocycles. The fourth-order valence-electron chi connectivity index (χ4n) is 1.08. The van der Waals surface area contributed by atoms with Gasteiger partial charge in [0.15, 0.2) is 5.65 Å². The Bertz CT molecular complexity index is 448. The number of fused-ring (bicyclic) bond motifs is 1. The van der Waals surface area contributed by atoms with Crippen molar-refractivity contribution in [2.75, 3.05) is 0 Å². The number of allylic oxidation sites excluding steroid dienone is 1. The summed E-state index contributed by atoms with van der Waals surface area (Å²) >= 11 is 0. The Morgan fingerprint density at radius 1 is 1.54 bits per heavy atom. The summed E-state index contributed by atoms with van der Waals surface area (Å²) in [5.74, 6) is 0.768. The molecule has 0 spiro atoms. The summed E-state index contributed by atoms with van der Waals surface area (Å²) in [6.45, 7) is 3.60. The van der Waals surface area contributed by atoms with Gasteiger partial charge in [0, 0.05) is 6.42 Å². The van der Waals surface area contributed by atoms with Crippen LogP contribution in [0.25, 0.3) is 11.2 Å². The number of hydrogen-bond donors (Lipinski definition) is 2. The topological polar surface area (TPSA) is 74.7 Å². The molecule has 0 aliphatic heterocycles. The van der Waals surface area contributed by atoms with Gasteiger partial charge in [-0.1, -0.05) is 6.08 Å². The second-order valence-corrected chi connectivity index (χ2v) is 2.58. The van der Waals surface area contributed by atoms with Gasteiger partial charge in [0.2, 0.25) is 0 Å². The SMILES string of the molecule is C=CCc1nc2nc(O)ncc2[nH]1. The maximum absolute atomic E-state index is 8.97. The van der Waals surface area contributed by atoms with Crippen LogP contribution in [0.3, 0.4) is 0 Å². The number of nitrogens with one attached hydrogen (secondary N) is 1. The monoisotopic (exact) mass is 176 g/mol. The fourth-order valence-corrected chi connectivity index (χ4v) is 1.08. The van der Waals surface area contributed by atoms with Gasteiger partial charge >= 0.3 is 6.01 Å². The van der Waals surface area contributed by atoms with Crippen molar-refractivity contribution >= 4 is 11.2 Å². The first-order chi connectivity index (χ1) is 6.29. The third-order valence-corrected chi connectivity index (χ3v) is 1.61. The zero-order valence-corrected chi connectivity index (χ0v) is 6.86. The predicted molar refractivity (Wildman–Crippen MR) is 47.2 cm³/mol. The molecule has 0 atom stereocenters. The van der Waals surface area contributed by atoms with Crippen LogP contribution in [0.1, 0.15) is 5.82 Å². The highest BCUT2D eigenvalue weighted by Crippen LogP contribution is 2.10. The molecule has 0 amide bonds. The molecule has 2 aromatic rings. The Labute approximate surface area is 74.2 Å². The first-order valence-corrected chi connectivity index (χ1v) is 3.81. The van der Waals surface area contributed by atoms with Crippen LogP contribution in [-0.2, 0) is 6.42 Å². The maximum Gasteiger partial charge on any atom is 0.316 e. The van der Waals surface area contributed by atoms with Crippen LogP contribution < -0.4 is 0 Å². The number of aromatic amines is 1. The van der Waals surface area contributed by atoms with Crippen molar-refractivity contribution in [1.29, 1.82) is 0 Å². The fraction of sp³-hybridized carbons (Fsp3) is 0.125. The Morgan fingerprint density at radius 3 is 3.15 bits per heavy atom. The normalized spacial score (nSPS) is 10.5. The maximum atomic E-state index is 8.97. The van der Waals surface area contributed by atoms with Crippen molar-refractivity contribution in [3.8, 4) is 6.01 Å². The molecule has 0 aliphatic rings.